The van der Waals surface area contributed by atoms with Gasteiger partial charge in [-0.2, -0.15) is 0 Å². The van der Waals surface area contributed by atoms with Crippen molar-refractivity contribution in [3.05, 3.63) is 69.8 Å². The van der Waals surface area contributed by atoms with Gasteiger partial charge in [0.25, 0.3) is 11.6 Å². The highest BCUT2D eigenvalue weighted by atomic mass is 16.6. The fourth-order valence-corrected chi connectivity index (χ4v) is 2.36. The van der Waals surface area contributed by atoms with Gasteiger partial charge in [0.2, 0.25) is 5.90 Å². The van der Waals surface area contributed by atoms with Crippen molar-refractivity contribution >= 4 is 17.5 Å². The number of nitro groups is 1. The minimum absolute atomic E-state index is 0.0133. The molecule has 1 atom stereocenters. The summed E-state index contributed by atoms with van der Waals surface area (Å²) in [6.07, 6.45) is 0. The van der Waals surface area contributed by atoms with Crippen LogP contribution in [-0.2, 0) is 16.1 Å². The van der Waals surface area contributed by atoms with E-state index in [1.165, 1.54) is 12.1 Å². The predicted molar refractivity (Wildman–Crippen MR) is 90.1 cm³/mol. The lowest BCUT2D eigenvalue weighted by atomic mass is 10.2. The number of nitro benzene ring substituents is 1. The summed E-state index contributed by atoms with van der Waals surface area (Å²) in [7, 11) is 0. The van der Waals surface area contributed by atoms with Crippen molar-refractivity contribution in [2.45, 2.75) is 12.6 Å². The molecule has 9 nitrogen and oxygen atoms in total. The van der Waals surface area contributed by atoms with Gasteiger partial charge in [-0.25, -0.2) is 10.5 Å². The maximum atomic E-state index is 11.3. The van der Waals surface area contributed by atoms with Crippen molar-refractivity contribution in [3.8, 4) is 5.75 Å². The van der Waals surface area contributed by atoms with Crippen LogP contribution in [0.25, 0.3) is 0 Å². The van der Waals surface area contributed by atoms with Crippen molar-refractivity contribution in [1.29, 1.82) is 0 Å². The summed E-state index contributed by atoms with van der Waals surface area (Å²) in [6, 6.07) is 12.3. The lowest BCUT2D eigenvalue weighted by Gasteiger charge is -2.07. The molecule has 0 saturated heterocycles. The maximum Gasteiger partial charge on any atom is 0.271 e. The van der Waals surface area contributed by atoms with Crippen LogP contribution in [0.5, 0.6) is 5.75 Å². The highest BCUT2D eigenvalue weighted by Gasteiger charge is 2.26. The SMILES string of the molecule is O=C(NO)[C@H]1COC(c2ccc(OCc3cccc([N+](=O)[O-])c3)cc2)=N1. The van der Waals surface area contributed by atoms with Crippen LogP contribution in [0.15, 0.2) is 53.5 Å². The van der Waals surface area contributed by atoms with E-state index in [0.29, 0.717) is 22.8 Å². The van der Waals surface area contributed by atoms with E-state index in [-0.39, 0.29) is 18.9 Å². The third-order valence-corrected chi connectivity index (χ3v) is 3.69. The van der Waals surface area contributed by atoms with E-state index in [1.807, 2.05) is 0 Å². The summed E-state index contributed by atoms with van der Waals surface area (Å²) in [5.41, 5.74) is 2.91. The second-order valence-corrected chi connectivity index (χ2v) is 5.48. The van der Waals surface area contributed by atoms with E-state index in [9.17, 15) is 14.9 Å². The van der Waals surface area contributed by atoms with Crippen LogP contribution in [-0.4, -0.2) is 34.6 Å². The standard InChI is InChI=1S/C17H15N3O6/c21-16(19-22)15-10-26-17(18-15)12-4-6-14(7-5-12)25-9-11-2-1-3-13(8-11)20(23)24/h1-8,15,22H,9-10H2,(H,19,21)/t15-/m1/s1. The normalized spacial score (nSPS) is 15.7. The topological polar surface area (TPSA) is 123 Å². The Morgan fingerprint density at radius 3 is 2.81 bits per heavy atom. The Balaban J connectivity index is 1.63. The van der Waals surface area contributed by atoms with Gasteiger partial charge in [-0.3, -0.25) is 20.1 Å². The minimum Gasteiger partial charge on any atom is -0.489 e. The molecule has 1 heterocycles. The number of hydrogen-bond acceptors (Lipinski definition) is 7. The molecule has 134 valence electrons. The molecule has 0 radical (unpaired) electrons. The highest BCUT2D eigenvalue weighted by Crippen LogP contribution is 2.19. The smallest absolute Gasteiger partial charge is 0.271 e. The number of carbonyl (C=O) groups excluding carboxylic acids is 1. The molecule has 0 aliphatic carbocycles. The third kappa shape index (κ3) is 3.95. The summed E-state index contributed by atoms with van der Waals surface area (Å²) in [4.78, 5) is 25.7. The van der Waals surface area contributed by atoms with Crippen molar-refractivity contribution in [1.82, 2.24) is 5.48 Å². The Morgan fingerprint density at radius 2 is 2.12 bits per heavy atom. The highest BCUT2D eigenvalue weighted by molar-refractivity contribution is 5.98. The molecule has 2 aromatic carbocycles. The zero-order valence-corrected chi connectivity index (χ0v) is 13.5. The first kappa shape index (κ1) is 17.4. The van der Waals surface area contributed by atoms with Gasteiger partial charge in [-0.1, -0.05) is 12.1 Å². The number of amides is 1. The maximum absolute atomic E-state index is 11.3. The van der Waals surface area contributed by atoms with Crippen LogP contribution in [0.4, 0.5) is 5.69 Å². The summed E-state index contributed by atoms with van der Waals surface area (Å²) < 4.78 is 11.0. The number of nitrogens with one attached hydrogen (secondary N) is 1. The zero-order chi connectivity index (χ0) is 18.5. The van der Waals surface area contributed by atoms with Gasteiger partial charge in [0.05, 0.1) is 4.92 Å². The minimum atomic E-state index is -0.778. The van der Waals surface area contributed by atoms with E-state index >= 15 is 0 Å². The summed E-state index contributed by atoms with van der Waals surface area (Å²) in [5, 5.41) is 19.4. The molecule has 0 fully saturated rings. The molecule has 2 N–H and O–H groups in total. The first-order chi connectivity index (χ1) is 12.6. The van der Waals surface area contributed by atoms with Gasteiger partial charge in [-0.15, -0.1) is 0 Å². The van der Waals surface area contributed by atoms with Gasteiger partial charge in [0.15, 0.2) is 6.04 Å². The zero-order valence-electron chi connectivity index (χ0n) is 13.5. The van der Waals surface area contributed by atoms with E-state index in [2.05, 4.69) is 4.99 Å². The van der Waals surface area contributed by atoms with E-state index in [4.69, 9.17) is 14.7 Å². The Labute approximate surface area is 148 Å². The average molecular weight is 357 g/mol. The number of aliphatic imine (C=N–C) groups is 1. The Kier molecular flexibility index (Phi) is 5.09. The summed E-state index contributed by atoms with van der Waals surface area (Å²) in [5.74, 6) is 0.254. The molecule has 1 aliphatic rings. The number of hydrogen-bond donors (Lipinski definition) is 2. The number of non-ortho nitro benzene ring substituents is 1. The molecule has 2 aromatic rings. The third-order valence-electron chi connectivity index (χ3n) is 3.69. The molecule has 1 amide bonds. The van der Waals surface area contributed by atoms with Crippen LogP contribution < -0.4 is 10.2 Å². The molecule has 1 aliphatic heterocycles. The molecule has 0 aromatic heterocycles. The number of hydroxylamine groups is 1. The quantitative estimate of drug-likeness (QED) is 0.462. The number of benzene rings is 2. The van der Waals surface area contributed by atoms with Gasteiger partial charge < -0.3 is 9.47 Å². The Bertz CT molecular complexity index is 850. The van der Waals surface area contributed by atoms with Crippen molar-refractivity contribution in [2.75, 3.05) is 6.61 Å². The fraction of sp³-hybridized carbons (Fsp3) is 0.176. The summed E-state index contributed by atoms with van der Waals surface area (Å²) in [6.45, 7) is 0.254. The number of ether oxygens (including phenoxy) is 2. The lowest BCUT2D eigenvalue weighted by Crippen LogP contribution is -2.31. The molecule has 26 heavy (non-hydrogen) atoms. The van der Waals surface area contributed by atoms with E-state index < -0.39 is 16.9 Å². The molecule has 3 rings (SSSR count). The average Bonchev–Trinajstić information content (AvgIpc) is 3.16. The Morgan fingerprint density at radius 1 is 1.35 bits per heavy atom. The number of nitrogens with zero attached hydrogens (tertiary/aromatic N) is 2. The predicted octanol–water partition coefficient (Wildman–Crippen LogP) is 1.82. The first-order valence-electron chi connectivity index (χ1n) is 7.68. The van der Waals surface area contributed by atoms with Crippen LogP contribution >= 0.6 is 0 Å². The summed E-state index contributed by atoms with van der Waals surface area (Å²) >= 11 is 0. The molecule has 9 heteroatoms. The molecule has 0 bridgehead atoms. The van der Waals surface area contributed by atoms with Crippen molar-refractivity contribution < 1.29 is 24.4 Å². The first-order valence-corrected chi connectivity index (χ1v) is 7.68. The monoisotopic (exact) mass is 357 g/mol. The van der Waals surface area contributed by atoms with Crippen LogP contribution in [0.3, 0.4) is 0 Å². The van der Waals surface area contributed by atoms with Crippen LogP contribution in [0.2, 0.25) is 0 Å². The molecule has 0 unspecified atom stereocenters. The second-order valence-electron chi connectivity index (χ2n) is 5.48. The fourth-order valence-electron chi connectivity index (χ4n) is 2.36. The number of rotatable bonds is 6. The molecular formula is C17H15N3O6. The number of carbonyl (C=O) groups is 1. The van der Waals surface area contributed by atoms with Gasteiger partial charge in [-0.05, 0) is 29.8 Å². The molecule has 0 saturated carbocycles. The van der Waals surface area contributed by atoms with Crippen molar-refractivity contribution in [3.63, 3.8) is 0 Å². The second kappa shape index (κ2) is 7.62. The molecular weight excluding hydrogens is 342 g/mol. The Hall–Kier alpha value is -3.46. The van der Waals surface area contributed by atoms with Crippen LogP contribution in [0.1, 0.15) is 11.1 Å². The van der Waals surface area contributed by atoms with E-state index in [1.54, 1.807) is 41.9 Å². The van der Waals surface area contributed by atoms with Crippen LogP contribution in [0, 0.1) is 10.1 Å². The lowest BCUT2D eigenvalue weighted by molar-refractivity contribution is -0.384. The largest absolute Gasteiger partial charge is 0.489 e. The van der Waals surface area contributed by atoms with E-state index in [0.717, 1.165) is 0 Å². The molecule has 0 spiro atoms. The van der Waals surface area contributed by atoms with Gasteiger partial charge in [0, 0.05) is 17.7 Å². The van der Waals surface area contributed by atoms with Gasteiger partial charge >= 0.3 is 0 Å². The van der Waals surface area contributed by atoms with Gasteiger partial charge in [0.1, 0.15) is 19.0 Å². The van der Waals surface area contributed by atoms with Crippen molar-refractivity contribution in [2.24, 2.45) is 4.99 Å².